The van der Waals surface area contributed by atoms with Crippen LogP contribution in [0.2, 0.25) is 0 Å². The van der Waals surface area contributed by atoms with Crippen molar-refractivity contribution in [3.05, 3.63) is 59.9 Å². The quantitative estimate of drug-likeness (QED) is 0.132. The minimum atomic E-state index is -0.839. The Kier molecular flexibility index (Phi) is 15.7. The molecule has 2 aromatic carbocycles. The van der Waals surface area contributed by atoms with Gasteiger partial charge in [0.1, 0.15) is 11.5 Å². The fourth-order valence-electron chi connectivity index (χ4n) is 3.86. The number of aliphatic hydroxyl groups is 1. The van der Waals surface area contributed by atoms with E-state index in [-0.39, 0.29) is 50.9 Å². The van der Waals surface area contributed by atoms with Gasteiger partial charge in [0.25, 0.3) is 5.78 Å². The Hall–Kier alpha value is -2.69. The molecule has 0 amide bonds. The number of benzene rings is 2. The van der Waals surface area contributed by atoms with Crippen LogP contribution in [0.25, 0.3) is 21.8 Å². The molecule has 3 heterocycles. The molecule has 206 valence electrons. The van der Waals surface area contributed by atoms with Gasteiger partial charge in [-0.15, -0.1) is 0 Å². The van der Waals surface area contributed by atoms with Crippen molar-refractivity contribution in [2.45, 2.75) is 26.2 Å². The van der Waals surface area contributed by atoms with Crippen molar-refractivity contribution in [1.29, 1.82) is 0 Å². The molecule has 39 heavy (non-hydrogen) atoms. The zero-order chi connectivity index (χ0) is 26.6. The molecule has 4 aromatic rings. The van der Waals surface area contributed by atoms with Gasteiger partial charge in [0, 0.05) is 66.2 Å². The molecule has 5 rings (SSSR count). The van der Waals surface area contributed by atoms with Crippen molar-refractivity contribution >= 4 is 50.9 Å². The molecule has 0 atom stereocenters. The third-order valence-electron chi connectivity index (χ3n) is 5.78. The number of ether oxygens (including phenoxy) is 4. The summed E-state index contributed by atoms with van der Waals surface area (Å²) in [6.07, 6.45) is 6.68. The average Bonchev–Trinajstić information content (AvgIpc) is 3.71. The Morgan fingerprint density at radius 3 is 2.03 bits per heavy atom. The summed E-state index contributed by atoms with van der Waals surface area (Å²) in [5, 5.41) is 10.7. The van der Waals surface area contributed by atoms with Crippen LogP contribution in [-0.2, 0) is 20.7 Å². The number of aromatic nitrogens is 2. The van der Waals surface area contributed by atoms with Gasteiger partial charge in [0.2, 0.25) is 0 Å². The van der Waals surface area contributed by atoms with Gasteiger partial charge in [-0.05, 0) is 56.0 Å². The van der Waals surface area contributed by atoms with Crippen molar-refractivity contribution in [2.24, 2.45) is 0 Å². The molecule has 1 fully saturated rings. The Bertz CT molecular complexity index is 1320. The predicted molar refractivity (Wildman–Crippen MR) is 153 cm³/mol. The predicted octanol–water partition coefficient (Wildman–Crippen LogP) is 0.363. The Morgan fingerprint density at radius 2 is 1.51 bits per heavy atom. The Morgan fingerprint density at radius 1 is 0.949 bits per heavy atom. The van der Waals surface area contributed by atoms with Crippen LogP contribution in [0.15, 0.2) is 48.8 Å². The minimum Gasteiger partial charge on any atom is -1.00 e. The zero-order valence-electron chi connectivity index (χ0n) is 23.5. The van der Waals surface area contributed by atoms with Crippen molar-refractivity contribution in [3.63, 3.8) is 0 Å². The van der Waals surface area contributed by atoms with Crippen LogP contribution in [0.3, 0.4) is 0 Å². The fourth-order valence-corrected chi connectivity index (χ4v) is 3.86. The molecule has 0 saturated carbocycles. The van der Waals surface area contributed by atoms with E-state index in [1.807, 2.05) is 24.4 Å². The second-order valence-electron chi connectivity index (χ2n) is 8.18. The summed E-state index contributed by atoms with van der Waals surface area (Å²) in [7, 11) is 3.22. The summed E-state index contributed by atoms with van der Waals surface area (Å²) in [5.41, 5.74) is 3.24. The van der Waals surface area contributed by atoms with Crippen LogP contribution in [0.4, 0.5) is 0 Å². The van der Waals surface area contributed by atoms with Crippen LogP contribution in [-0.4, -0.2) is 84.8 Å². The third-order valence-corrected chi connectivity index (χ3v) is 5.78. The molecular weight excluding hydrogens is 510 g/mol. The molecule has 9 nitrogen and oxygen atoms in total. The summed E-state index contributed by atoms with van der Waals surface area (Å²) in [6.45, 7) is 4.02. The van der Waals surface area contributed by atoms with Gasteiger partial charge in [-0.25, -0.2) is 4.79 Å². The van der Waals surface area contributed by atoms with Gasteiger partial charge in [0.15, 0.2) is 17.4 Å². The standard InChI is InChI=1S/C13H13NO4.C11H13NO2.C4H8O.Al.Li.4H/c1-3-18-13(16)12(15)10-7-14-11-6-8(17-2)4-5-9(10)11;1-14-9-2-3-10-8(4-5-13)7-12-11(10)6-9;1-2-4-5-3-1;;;;;;/h4-7,14H,3H2,1-2H3;2-3,6-7,12-13H,4-5H2,1H3;1-4H2;;;;;;/q;;;;+1;;;;-1. The first-order chi connectivity index (χ1) is 18.0. The summed E-state index contributed by atoms with van der Waals surface area (Å²) in [6, 6.07) is 11.1. The molecule has 1 saturated heterocycles. The summed E-state index contributed by atoms with van der Waals surface area (Å²) < 4.78 is 19.8. The third kappa shape index (κ3) is 9.47. The molecule has 1 aliphatic rings. The molecule has 11 heteroatoms. The number of methoxy groups -OCH3 is 2. The smallest absolute Gasteiger partial charge is 1.00 e. The normalized spacial score (nSPS) is 11.7. The molecular formula is C28H38AlLiN2O7. The number of fused-ring (bicyclic) bond motifs is 2. The zero-order valence-corrected chi connectivity index (χ0v) is 22.5. The molecule has 0 bridgehead atoms. The number of hydrogen-bond acceptors (Lipinski definition) is 7. The van der Waals surface area contributed by atoms with E-state index in [1.54, 1.807) is 39.3 Å². The number of H-pyrrole nitrogens is 2. The van der Waals surface area contributed by atoms with Gasteiger partial charge < -0.3 is 35.4 Å². The Labute approximate surface area is 252 Å². The first kappa shape index (κ1) is 34.3. The first-order valence-corrected chi connectivity index (χ1v) is 12.2. The van der Waals surface area contributed by atoms with E-state index >= 15 is 0 Å². The largest absolute Gasteiger partial charge is 1.00 e. The number of aliphatic hydroxyl groups excluding tert-OH is 1. The van der Waals surface area contributed by atoms with Crippen molar-refractivity contribution in [1.82, 2.24) is 9.97 Å². The SMILES string of the molecule is C1CCOC1.CCOC(=O)C(=O)c1c[nH]c2cc(OC)ccc12.COc1ccc2c(CCO)c[nH]c2c1.[AlH3].[H-].[Li+]. The van der Waals surface area contributed by atoms with E-state index in [2.05, 4.69) is 9.97 Å². The van der Waals surface area contributed by atoms with E-state index in [4.69, 9.17) is 24.1 Å². The van der Waals surface area contributed by atoms with Crippen LogP contribution < -0.4 is 28.3 Å². The fraction of sp³-hybridized carbons (Fsp3) is 0.357. The number of hydrogen-bond donors (Lipinski definition) is 3. The second kappa shape index (κ2) is 17.8. The van der Waals surface area contributed by atoms with Gasteiger partial charge in [-0.1, -0.05) is 0 Å². The molecule has 0 spiro atoms. The number of esters is 1. The number of Topliss-reactive ketones (excluding diaryl/α,β-unsaturated/α-hetero) is 1. The molecule has 0 radical (unpaired) electrons. The number of rotatable bonds is 7. The maximum atomic E-state index is 11.8. The average molecular weight is 549 g/mol. The number of carbonyl (C=O) groups is 2. The molecule has 1 aliphatic heterocycles. The second-order valence-corrected chi connectivity index (χ2v) is 8.18. The van der Waals surface area contributed by atoms with Crippen molar-refractivity contribution in [3.8, 4) is 11.5 Å². The van der Waals surface area contributed by atoms with Gasteiger partial charge >= 0.3 is 24.8 Å². The van der Waals surface area contributed by atoms with Gasteiger partial charge in [0.05, 0.1) is 26.4 Å². The van der Waals surface area contributed by atoms with E-state index in [1.165, 1.54) is 19.0 Å². The van der Waals surface area contributed by atoms with Crippen LogP contribution >= 0.6 is 0 Å². The molecule has 0 aliphatic carbocycles. The number of aromatic amines is 2. The molecule has 3 N–H and O–H groups in total. The van der Waals surface area contributed by atoms with Crippen LogP contribution in [0.5, 0.6) is 11.5 Å². The molecule has 2 aromatic heterocycles. The van der Waals surface area contributed by atoms with Gasteiger partial charge in [-0.3, -0.25) is 4.79 Å². The molecule has 0 unspecified atom stereocenters. The van der Waals surface area contributed by atoms with Crippen molar-refractivity contribution < 1.29 is 53.9 Å². The maximum absolute atomic E-state index is 11.8. The van der Waals surface area contributed by atoms with Crippen LogP contribution in [0, 0.1) is 0 Å². The van der Waals surface area contributed by atoms with Gasteiger partial charge in [-0.2, -0.15) is 0 Å². The first-order valence-electron chi connectivity index (χ1n) is 12.2. The topological polar surface area (TPSA) is 123 Å². The Balaban J connectivity index is 0.000000618. The van der Waals surface area contributed by atoms with E-state index in [0.29, 0.717) is 23.1 Å². The van der Waals surface area contributed by atoms with E-state index < -0.39 is 11.8 Å². The summed E-state index contributed by atoms with van der Waals surface area (Å²) >= 11 is 0. The monoisotopic (exact) mass is 548 g/mol. The van der Waals surface area contributed by atoms with E-state index in [0.717, 1.165) is 40.9 Å². The number of carbonyl (C=O) groups excluding carboxylic acids is 2. The van der Waals surface area contributed by atoms with Crippen molar-refractivity contribution in [2.75, 3.05) is 40.6 Å². The maximum Gasteiger partial charge on any atom is 1.00 e. The summed E-state index contributed by atoms with van der Waals surface area (Å²) in [5.74, 6) is 0.0388. The minimum absolute atomic E-state index is 0. The number of ketones is 1. The van der Waals surface area contributed by atoms with Crippen LogP contribution in [0.1, 0.15) is 37.1 Å². The summed E-state index contributed by atoms with van der Waals surface area (Å²) in [4.78, 5) is 29.3. The number of nitrogens with one attached hydrogen (secondary N) is 2. The van der Waals surface area contributed by atoms with E-state index in [9.17, 15) is 9.59 Å².